The maximum absolute atomic E-state index is 11.3. The van der Waals surface area contributed by atoms with Crippen LogP contribution in [-0.2, 0) is 11.3 Å². The van der Waals surface area contributed by atoms with Crippen molar-refractivity contribution >= 4 is 34.9 Å². The molecule has 6 heteroatoms. The molecule has 1 fully saturated rings. The van der Waals surface area contributed by atoms with Crippen LogP contribution in [0.3, 0.4) is 0 Å². The van der Waals surface area contributed by atoms with Gasteiger partial charge in [-0.25, -0.2) is 4.79 Å². The number of amides is 1. The minimum Gasteiger partial charge on any atom is -0.448 e. The van der Waals surface area contributed by atoms with Crippen LogP contribution in [0.5, 0.6) is 0 Å². The van der Waals surface area contributed by atoms with Crippen LogP contribution in [0.15, 0.2) is 18.2 Å². The molecule has 1 heterocycles. The van der Waals surface area contributed by atoms with Crippen LogP contribution in [-0.4, -0.2) is 29.1 Å². The summed E-state index contributed by atoms with van der Waals surface area (Å²) in [7, 11) is 0. The lowest BCUT2D eigenvalue weighted by Crippen LogP contribution is -2.23. The molecule has 0 aliphatic carbocycles. The van der Waals surface area contributed by atoms with Crippen molar-refractivity contribution in [1.82, 2.24) is 4.90 Å². The van der Waals surface area contributed by atoms with Gasteiger partial charge in [-0.1, -0.05) is 36.0 Å². The maximum atomic E-state index is 11.3. The van der Waals surface area contributed by atoms with Crippen LogP contribution in [0.2, 0.25) is 5.02 Å². The van der Waals surface area contributed by atoms with Gasteiger partial charge in [-0.3, -0.25) is 0 Å². The number of hydrogen-bond donors (Lipinski definition) is 1. The molecule has 1 saturated heterocycles. The highest BCUT2D eigenvalue weighted by Gasteiger charge is 2.22. The minimum absolute atomic E-state index is 0.305. The number of nitrogens with two attached hydrogens (primary N) is 1. The van der Waals surface area contributed by atoms with E-state index >= 15 is 0 Å². The first-order valence-electron chi connectivity index (χ1n) is 5.08. The first-order chi connectivity index (χ1) is 8.08. The van der Waals surface area contributed by atoms with Gasteiger partial charge in [-0.15, -0.1) is 0 Å². The third-order valence-electron chi connectivity index (χ3n) is 2.54. The number of cyclic esters (lactones) is 1. The second kappa shape index (κ2) is 4.89. The van der Waals surface area contributed by atoms with E-state index in [1.807, 2.05) is 6.07 Å². The molecule has 17 heavy (non-hydrogen) atoms. The van der Waals surface area contributed by atoms with Crippen LogP contribution >= 0.6 is 23.8 Å². The van der Waals surface area contributed by atoms with E-state index in [-0.39, 0.29) is 6.09 Å². The van der Waals surface area contributed by atoms with Crippen LogP contribution in [0, 0.1) is 0 Å². The van der Waals surface area contributed by atoms with Gasteiger partial charge >= 0.3 is 6.09 Å². The van der Waals surface area contributed by atoms with Crippen molar-refractivity contribution in [3.05, 3.63) is 34.3 Å². The van der Waals surface area contributed by atoms with Crippen molar-refractivity contribution in [3.63, 3.8) is 0 Å². The largest absolute Gasteiger partial charge is 0.448 e. The molecular weight excluding hydrogens is 260 g/mol. The van der Waals surface area contributed by atoms with Gasteiger partial charge in [-0.2, -0.15) is 0 Å². The Morgan fingerprint density at radius 1 is 1.59 bits per heavy atom. The Morgan fingerprint density at radius 3 is 2.88 bits per heavy atom. The average Bonchev–Trinajstić information content (AvgIpc) is 2.67. The number of carbonyl (C=O) groups excluding carboxylic acids is 1. The highest BCUT2D eigenvalue weighted by atomic mass is 35.5. The fourth-order valence-corrected chi connectivity index (χ4v) is 1.97. The molecule has 0 atom stereocenters. The average molecular weight is 271 g/mol. The monoisotopic (exact) mass is 270 g/mol. The molecule has 1 aromatic rings. The molecule has 0 saturated carbocycles. The number of rotatable bonds is 3. The smallest absolute Gasteiger partial charge is 0.410 e. The molecule has 2 rings (SSSR count). The summed E-state index contributed by atoms with van der Waals surface area (Å²) in [5, 5.41) is 0.551. The van der Waals surface area contributed by atoms with E-state index < -0.39 is 0 Å². The SMILES string of the molecule is NC(=S)c1ccc(CN2CCOC2=O)c(Cl)c1. The molecule has 0 radical (unpaired) electrons. The quantitative estimate of drug-likeness (QED) is 0.853. The molecule has 1 aliphatic rings. The van der Waals surface area contributed by atoms with Gasteiger partial charge in [0.05, 0.1) is 13.1 Å². The third-order valence-corrected chi connectivity index (χ3v) is 3.13. The minimum atomic E-state index is -0.306. The summed E-state index contributed by atoms with van der Waals surface area (Å²) in [6.07, 6.45) is -0.306. The Morgan fingerprint density at radius 2 is 2.35 bits per heavy atom. The Kier molecular flexibility index (Phi) is 3.49. The number of halogens is 1. The van der Waals surface area contributed by atoms with E-state index in [1.165, 1.54) is 0 Å². The first kappa shape index (κ1) is 12.1. The number of nitrogens with zero attached hydrogens (tertiary/aromatic N) is 1. The predicted octanol–water partition coefficient (Wildman–Crippen LogP) is 1.93. The summed E-state index contributed by atoms with van der Waals surface area (Å²) >= 11 is 11.0. The van der Waals surface area contributed by atoms with Gasteiger partial charge in [0.25, 0.3) is 0 Å². The summed E-state index contributed by atoms with van der Waals surface area (Å²) in [4.78, 5) is 13.2. The number of carbonyl (C=O) groups is 1. The lowest BCUT2D eigenvalue weighted by molar-refractivity contribution is 0.157. The van der Waals surface area contributed by atoms with Crippen LogP contribution < -0.4 is 5.73 Å². The van der Waals surface area contributed by atoms with Crippen LogP contribution in [0.25, 0.3) is 0 Å². The van der Waals surface area contributed by atoms with Crippen LogP contribution in [0.4, 0.5) is 4.79 Å². The van der Waals surface area contributed by atoms with E-state index in [4.69, 9.17) is 34.3 Å². The molecule has 0 unspecified atom stereocenters. The van der Waals surface area contributed by atoms with Gasteiger partial charge < -0.3 is 15.4 Å². The molecule has 0 aromatic heterocycles. The number of ether oxygens (including phenoxy) is 1. The molecule has 4 nitrogen and oxygen atoms in total. The lowest BCUT2D eigenvalue weighted by Gasteiger charge is -2.14. The standard InChI is InChI=1S/C11H11ClN2O2S/c12-9-5-7(10(13)17)1-2-8(9)6-14-3-4-16-11(14)15/h1-2,5H,3-4,6H2,(H2,13,17). The second-order valence-corrected chi connectivity index (χ2v) is 4.55. The Balaban J connectivity index is 2.16. The third kappa shape index (κ3) is 2.68. The Labute approximate surface area is 109 Å². The van der Waals surface area contributed by atoms with E-state index in [0.717, 1.165) is 11.1 Å². The fraction of sp³-hybridized carbons (Fsp3) is 0.273. The fourth-order valence-electron chi connectivity index (χ4n) is 1.60. The molecule has 0 bridgehead atoms. The van der Waals surface area contributed by atoms with Crippen LogP contribution in [0.1, 0.15) is 11.1 Å². The molecule has 1 amide bonds. The van der Waals surface area contributed by atoms with Crippen molar-refractivity contribution in [1.29, 1.82) is 0 Å². The molecule has 90 valence electrons. The Bertz CT molecular complexity index is 479. The first-order valence-corrected chi connectivity index (χ1v) is 5.86. The zero-order chi connectivity index (χ0) is 12.4. The summed E-state index contributed by atoms with van der Waals surface area (Å²) in [6, 6.07) is 5.33. The summed E-state index contributed by atoms with van der Waals surface area (Å²) in [6.45, 7) is 1.46. The highest BCUT2D eigenvalue weighted by molar-refractivity contribution is 7.80. The van der Waals surface area contributed by atoms with Crippen molar-refractivity contribution in [2.75, 3.05) is 13.2 Å². The number of benzene rings is 1. The zero-order valence-corrected chi connectivity index (χ0v) is 10.6. The van der Waals surface area contributed by atoms with Gasteiger partial charge in [0.1, 0.15) is 11.6 Å². The summed E-state index contributed by atoms with van der Waals surface area (Å²) in [5.41, 5.74) is 7.08. The number of thiocarbonyl (C=S) groups is 1. The summed E-state index contributed by atoms with van der Waals surface area (Å²) in [5.74, 6) is 0. The topological polar surface area (TPSA) is 55.6 Å². The predicted molar refractivity (Wildman–Crippen MR) is 69.1 cm³/mol. The maximum Gasteiger partial charge on any atom is 0.410 e. The van der Waals surface area contributed by atoms with Crippen molar-refractivity contribution in [2.45, 2.75) is 6.54 Å². The van der Waals surface area contributed by atoms with E-state index in [9.17, 15) is 4.79 Å². The van der Waals surface area contributed by atoms with Crippen molar-refractivity contribution in [2.24, 2.45) is 5.73 Å². The highest BCUT2D eigenvalue weighted by Crippen LogP contribution is 2.21. The number of hydrogen-bond acceptors (Lipinski definition) is 3. The lowest BCUT2D eigenvalue weighted by atomic mass is 10.1. The van der Waals surface area contributed by atoms with Crippen molar-refractivity contribution in [3.8, 4) is 0 Å². The molecule has 0 spiro atoms. The molecule has 1 aliphatic heterocycles. The van der Waals surface area contributed by atoms with Gasteiger partial charge in [-0.05, 0) is 11.6 Å². The molecular formula is C11H11ClN2O2S. The van der Waals surface area contributed by atoms with E-state index in [2.05, 4.69) is 0 Å². The second-order valence-electron chi connectivity index (χ2n) is 3.71. The Hall–Kier alpha value is -1.33. The zero-order valence-electron chi connectivity index (χ0n) is 8.98. The van der Waals surface area contributed by atoms with E-state index in [0.29, 0.717) is 29.7 Å². The van der Waals surface area contributed by atoms with Gasteiger partial charge in [0, 0.05) is 10.6 Å². The van der Waals surface area contributed by atoms with Gasteiger partial charge in [0.2, 0.25) is 0 Å². The van der Waals surface area contributed by atoms with Gasteiger partial charge in [0.15, 0.2) is 0 Å². The molecule has 2 N–H and O–H groups in total. The normalized spacial score (nSPS) is 14.9. The molecule has 1 aromatic carbocycles. The van der Waals surface area contributed by atoms with E-state index in [1.54, 1.807) is 17.0 Å². The summed E-state index contributed by atoms with van der Waals surface area (Å²) < 4.78 is 4.84. The van der Waals surface area contributed by atoms with Crippen molar-refractivity contribution < 1.29 is 9.53 Å².